The number of benzene rings is 2. The summed E-state index contributed by atoms with van der Waals surface area (Å²) in [5.74, 6) is -0.294. The van der Waals surface area contributed by atoms with Crippen molar-refractivity contribution in [2.24, 2.45) is 5.92 Å². The van der Waals surface area contributed by atoms with Crippen molar-refractivity contribution < 1.29 is 14.4 Å². The Morgan fingerprint density at radius 2 is 1.57 bits per heavy atom. The fraction of sp³-hybridized carbons (Fsp3) is 0.348. The van der Waals surface area contributed by atoms with Gasteiger partial charge in [-0.25, -0.2) is 0 Å². The van der Waals surface area contributed by atoms with Gasteiger partial charge in [0.2, 0.25) is 11.8 Å². The summed E-state index contributed by atoms with van der Waals surface area (Å²) < 4.78 is 0. The molecule has 2 aromatic rings. The van der Waals surface area contributed by atoms with Crippen LogP contribution in [0.15, 0.2) is 42.5 Å². The number of anilines is 1. The molecule has 0 radical (unpaired) electrons. The molecule has 2 amide bonds. The number of nitrogens with one attached hydrogen (secondary N) is 2. The molecule has 2 rings (SSSR count). The number of hydrogen-bond acceptors (Lipinski definition) is 3. The molecule has 0 spiro atoms. The average Bonchev–Trinajstić information content (AvgIpc) is 2.67. The second-order valence-electron chi connectivity index (χ2n) is 7.34. The van der Waals surface area contributed by atoms with Gasteiger partial charge in [-0.2, -0.15) is 0 Å². The predicted octanol–water partition coefficient (Wildman–Crippen LogP) is 4.18. The second-order valence-corrected chi connectivity index (χ2v) is 7.34. The van der Waals surface area contributed by atoms with Crippen molar-refractivity contribution in [3.63, 3.8) is 0 Å². The lowest BCUT2D eigenvalue weighted by molar-refractivity contribution is -0.121. The van der Waals surface area contributed by atoms with Gasteiger partial charge in [-0.15, -0.1) is 0 Å². The molecule has 0 aliphatic carbocycles. The molecule has 0 heterocycles. The third-order valence-electron chi connectivity index (χ3n) is 4.64. The fourth-order valence-electron chi connectivity index (χ4n) is 2.57. The standard InChI is InChI=1S/C23H28N2O3/c1-15(2)23(28)25-20-9-6-18(7-10-20)14-24-22(27)12-11-21(26)19-8-5-16(3)17(4)13-19/h5-10,13,15H,11-12,14H2,1-4H3,(H,24,27)(H,25,28). The van der Waals surface area contributed by atoms with Gasteiger partial charge in [0.1, 0.15) is 0 Å². The first-order valence-electron chi connectivity index (χ1n) is 9.53. The van der Waals surface area contributed by atoms with Gasteiger partial charge in [0.15, 0.2) is 5.78 Å². The first-order valence-corrected chi connectivity index (χ1v) is 9.53. The highest BCUT2D eigenvalue weighted by atomic mass is 16.2. The summed E-state index contributed by atoms with van der Waals surface area (Å²) in [7, 11) is 0. The molecular weight excluding hydrogens is 352 g/mol. The van der Waals surface area contributed by atoms with Gasteiger partial charge in [0.25, 0.3) is 0 Å². The molecule has 0 aromatic heterocycles. The molecule has 0 aliphatic heterocycles. The zero-order valence-electron chi connectivity index (χ0n) is 17.0. The van der Waals surface area contributed by atoms with E-state index in [1.807, 2.05) is 70.2 Å². The monoisotopic (exact) mass is 380 g/mol. The van der Waals surface area contributed by atoms with Crippen LogP contribution in [0.3, 0.4) is 0 Å². The van der Waals surface area contributed by atoms with Crippen molar-refractivity contribution >= 4 is 23.3 Å². The lowest BCUT2D eigenvalue weighted by atomic mass is 10.0. The van der Waals surface area contributed by atoms with Crippen LogP contribution in [0.2, 0.25) is 0 Å². The van der Waals surface area contributed by atoms with Crippen LogP contribution < -0.4 is 10.6 Å². The van der Waals surface area contributed by atoms with E-state index in [-0.39, 0.29) is 36.4 Å². The van der Waals surface area contributed by atoms with Crippen LogP contribution in [-0.4, -0.2) is 17.6 Å². The van der Waals surface area contributed by atoms with E-state index in [9.17, 15) is 14.4 Å². The number of amides is 2. The Hall–Kier alpha value is -2.95. The van der Waals surface area contributed by atoms with Crippen molar-refractivity contribution in [2.45, 2.75) is 47.1 Å². The smallest absolute Gasteiger partial charge is 0.226 e. The quantitative estimate of drug-likeness (QED) is 0.675. The number of ketones is 1. The SMILES string of the molecule is Cc1ccc(C(=O)CCC(=O)NCc2ccc(NC(=O)C(C)C)cc2)cc1C. The van der Waals surface area contributed by atoms with E-state index in [0.29, 0.717) is 12.1 Å². The predicted molar refractivity (Wildman–Crippen MR) is 111 cm³/mol. The lowest BCUT2D eigenvalue weighted by Crippen LogP contribution is -2.23. The van der Waals surface area contributed by atoms with Crippen LogP contribution in [0.5, 0.6) is 0 Å². The van der Waals surface area contributed by atoms with Crippen LogP contribution in [0.1, 0.15) is 53.7 Å². The number of carbonyl (C=O) groups excluding carboxylic acids is 3. The number of Topliss-reactive ketones (excluding diaryl/α,β-unsaturated/α-hetero) is 1. The summed E-state index contributed by atoms with van der Waals surface area (Å²) in [5.41, 5.74) is 4.52. The molecule has 5 heteroatoms. The zero-order chi connectivity index (χ0) is 20.7. The summed E-state index contributed by atoms with van der Waals surface area (Å²) in [6.45, 7) is 8.03. The first kappa shape index (κ1) is 21.4. The van der Waals surface area contributed by atoms with Gasteiger partial charge in [-0.1, -0.05) is 38.1 Å². The van der Waals surface area contributed by atoms with E-state index < -0.39 is 0 Å². The third-order valence-corrected chi connectivity index (χ3v) is 4.64. The van der Waals surface area contributed by atoms with Gasteiger partial charge in [-0.3, -0.25) is 14.4 Å². The highest BCUT2D eigenvalue weighted by Gasteiger charge is 2.10. The number of aryl methyl sites for hydroxylation is 2. The third kappa shape index (κ3) is 6.34. The van der Waals surface area contributed by atoms with Crippen molar-refractivity contribution in [2.75, 3.05) is 5.32 Å². The molecule has 0 saturated heterocycles. The Kier molecular flexibility index (Phi) is 7.50. The van der Waals surface area contributed by atoms with Crippen molar-refractivity contribution in [1.29, 1.82) is 0 Å². The molecule has 2 aromatic carbocycles. The zero-order valence-corrected chi connectivity index (χ0v) is 17.0. The molecule has 2 N–H and O–H groups in total. The van der Waals surface area contributed by atoms with Crippen molar-refractivity contribution in [3.8, 4) is 0 Å². The van der Waals surface area contributed by atoms with Crippen LogP contribution >= 0.6 is 0 Å². The minimum absolute atomic E-state index is 0.0245. The van der Waals surface area contributed by atoms with E-state index in [4.69, 9.17) is 0 Å². The van der Waals surface area contributed by atoms with E-state index in [1.54, 1.807) is 0 Å². The highest BCUT2D eigenvalue weighted by Crippen LogP contribution is 2.13. The van der Waals surface area contributed by atoms with Gasteiger partial charge >= 0.3 is 0 Å². The molecule has 28 heavy (non-hydrogen) atoms. The fourth-order valence-corrected chi connectivity index (χ4v) is 2.57. The van der Waals surface area contributed by atoms with E-state index in [2.05, 4.69) is 10.6 Å². The summed E-state index contributed by atoms with van der Waals surface area (Å²) in [5, 5.41) is 5.65. The molecule has 0 saturated carbocycles. The lowest BCUT2D eigenvalue weighted by Gasteiger charge is -2.09. The highest BCUT2D eigenvalue weighted by molar-refractivity contribution is 5.98. The molecule has 0 fully saturated rings. The summed E-state index contributed by atoms with van der Waals surface area (Å²) in [4.78, 5) is 36.0. The van der Waals surface area contributed by atoms with E-state index in [1.165, 1.54) is 0 Å². The van der Waals surface area contributed by atoms with Crippen LogP contribution in [0.4, 0.5) is 5.69 Å². The maximum atomic E-state index is 12.2. The number of carbonyl (C=O) groups is 3. The van der Waals surface area contributed by atoms with Crippen LogP contribution in [0.25, 0.3) is 0 Å². The molecule has 0 aliphatic rings. The molecule has 5 nitrogen and oxygen atoms in total. The number of rotatable bonds is 8. The Morgan fingerprint density at radius 3 is 2.18 bits per heavy atom. The minimum Gasteiger partial charge on any atom is -0.352 e. The van der Waals surface area contributed by atoms with E-state index in [0.717, 1.165) is 22.4 Å². The first-order chi connectivity index (χ1) is 13.3. The summed E-state index contributed by atoms with van der Waals surface area (Å²) in [6, 6.07) is 12.9. The Labute approximate surface area is 166 Å². The molecule has 0 unspecified atom stereocenters. The van der Waals surface area contributed by atoms with Crippen molar-refractivity contribution in [1.82, 2.24) is 5.32 Å². The molecule has 0 bridgehead atoms. The van der Waals surface area contributed by atoms with E-state index >= 15 is 0 Å². The molecule has 148 valence electrons. The van der Waals surface area contributed by atoms with Crippen LogP contribution in [-0.2, 0) is 16.1 Å². The Morgan fingerprint density at radius 1 is 0.893 bits per heavy atom. The maximum Gasteiger partial charge on any atom is 0.226 e. The van der Waals surface area contributed by atoms with Gasteiger partial charge in [0.05, 0.1) is 0 Å². The number of hydrogen-bond donors (Lipinski definition) is 2. The van der Waals surface area contributed by atoms with Gasteiger partial charge in [-0.05, 0) is 48.7 Å². The van der Waals surface area contributed by atoms with Crippen molar-refractivity contribution in [3.05, 3.63) is 64.7 Å². The maximum absolute atomic E-state index is 12.2. The minimum atomic E-state index is -0.158. The summed E-state index contributed by atoms with van der Waals surface area (Å²) in [6.07, 6.45) is 0.350. The topological polar surface area (TPSA) is 75.3 Å². The van der Waals surface area contributed by atoms with Gasteiger partial charge in [0, 0.05) is 36.6 Å². The van der Waals surface area contributed by atoms with Crippen LogP contribution in [0, 0.1) is 19.8 Å². The Bertz CT molecular complexity index is 855. The Balaban J connectivity index is 1.78. The normalized spacial score (nSPS) is 10.6. The molecular formula is C23H28N2O3. The summed E-state index contributed by atoms with van der Waals surface area (Å²) >= 11 is 0. The second kappa shape index (κ2) is 9.83. The van der Waals surface area contributed by atoms with Gasteiger partial charge < -0.3 is 10.6 Å². The largest absolute Gasteiger partial charge is 0.352 e. The average molecular weight is 380 g/mol. The molecule has 0 atom stereocenters.